The number of unbranched alkanes of at least 4 members (excludes halogenated alkanes) is 27. The lowest BCUT2D eigenvalue weighted by atomic mass is 10.0. The summed E-state index contributed by atoms with van der Waals surface area (Å²) in [6, 6.07) is 0. The van der Waals surface area contributed by atoms with Gasteiger partial charge in [-0.3, -0.25) is 14.4 Å². The van der Waals surface area contributed by atoms with Gasteiger partial charge in [0, 0.05) is 19.3 Å². The lowest BCUT2D eigenvalue weighted by Gasteiger charge is -2.18. The zero-order chi connectivity index (χ0) is 35.2. The monoisotopic (exact) mass is 681 g/mol. The molecular formula is C42H80O6. The van der Waals surface area contributed by atoms with Gasteiger partial charge in [-0.1, -0.05) is 194 Å². The highest BCUT2D eigenvalue weighted by Gasteiger charge is 2.19. The topological polar surface area (TPSA) is 78.9 Å². The van der Waals surface area contributed by atoms with Crippen LogP contribution in [0.3, 0.4) is 0 Å². The highest BCUT2D eigenvalue weighted by molar-refractivity contribution is 5.71. The predicted molar refractivity (Wildman–Crippen MR) is 201 cm³/mol. The lowest BCUT2D eigenvalue weighted by molar-refractivity contribution is -0.167. The molecule has 0 aromatic carbocycles. The molecule has 6 heteroatoms. The van der Waals surface area contributed by atoms with E-state index in [0.29, 0.717) is 19.3 Å². The van der Waals surface area contributed by atoms with E-state index in [0.717, 1.165) is 64.2 Å². The maximum Gasteiger partial charge on any atom is 0.306 e. The molecule has 284 valence electrons. The van der Waals surface area contributed by atoms with Crippen molar-refractivity contribution in [3.63, 3.8) is 0 Å². The fourth-order valence-electron chi connectivity index (χ4n) is 6.15. The molecule has 0 bridgehead atoms. The standard InChI is InChI=1S/C42H80O6/c1-4-7-10-13-15-17-18-19-20-21-22-23-25-27-30-33-36-42(45)48-39(37-46-40(43)34-31-28-12-9-6-3)38-47-41(44)35-32-29-26-24-16-14-11-8-5-2/h39H,4-38H2,1-3H3/t39-/m1/s1. The molecule has 0 fully saturated rings. The van der Waals surface area contributed by atoms with Gasteiger partial charge in [0.15, 0.2) is 6.10 Å². The number of rotatable bonds is 38. The van der Waals surface area contributed by atoms with Gasteiger partial charge in [0.1, 0.15) is 13.2 Å². The minimum atomic E-state index is -0.755. The average molecular weight is 681 g/mol. The van der Waals surface area contributed by atoms with Crippen molar-refractivity contribution in [3.8, 4) is 0 Å². The van der Waals surface area contributed by atoms with Gasteiger partial charge in [-0.05, 0) is 19.3 Å². The van der Waals surface area contributed by atoms with Crippen LogP contribution < -0.4 is 0 Å². The van der Waals surface area contributed by atoms with E-state index in [4.69, 9.17) is 14.2 Å². The van der Waals surface area contributed by atoms with Gasteiger partial charge in [0.2, 0.25) is 0 Å². The maximum absolute atomic E-state index is 12.6. The van der Waals surface area contributed by atoms with Crippen LogP contribution >= 0.6 is 0 Å². The zero-order valence-corrected chi connectivity index (χ0v) is 32.3. The van der Waals surface area contributed by atoms with E-state index < -0.39 is 6.10 Å². The summed E-state index contributed by atoms with van der Waals surface area (Å²) in [6.07, 6.45) is 36.9. The molecule has 0 unspecified atom stereocenters. The molecule has 0 aromatic heterocycles. The molecule has 0 spiro atoms. The highest BCUT2D eigenvalue weighted by atomic mass is 16.6. The van der Waals surface area contributed by atoms with Crippen LogP contribution in [0.2, 0.25) is 0 Å². The number of hydrogen-bond acceptors (Lipinski definition) is 6. The fraction of sp³-hybridized carbons (Fsp3) is 0.929. The summed E-state index contributed by atoms with van der Waals surface area (Å²) < 4.78 is 16.5. The van der Waals surface area contributed by atoms with Crippen molar-refractivity contribution in [3.05, 3.63) is 0 Å². The van der Waals surface area contributed by atoms with E-state index in [1.165, 1.54) is 128 Å². The van der Waals surface area contributed by atoms with E-state index >= 15 is 0 Å². The number of hydrogen-bond donors (Lipinski definition) is 0. The largest absolute Gasteiger partial charge is 0.462 e. The van der Waals surface area contributed by atoms with Crippen molar-refractivity contribution >= 4 is 17.9 Å². The molecule has 0 aliphatic carbocycles. The number of esters is 3. The molecule has 0 rings (SSSR count). The third-order valence-electron chi connectivity index (χ3n) is 9.36. The number of ether oxygens (including phenoxy) is 3. The Labute approximate surface area is 298 Å². The first kappa shape index (κ1) is 46.4. The lowest BCUT2D eigenvalue weighted by Crippen LogP contribution is -2.30. The van der Waals surface area contributed by atoms with Gasteiger partial charge in [-0.15, -0.1) is 0 Å². The Morgan fingerprint density at radius 2 is 0.562 bits per heavy atom. The van der Waals surface area contributed by atoms with Crippen LogP contribution in [0.1, 0.15) is 233 Å². The van der Waals surface area contributed by atoms with Crippen LogP contribution in [0, 0.1) is 0 Å². The highest BCUT2D eigenvalue weighted by Crippen LogP contribution is 2.15. The summed E-state index contributed by atoms with van der Waals surface area (Å²) in [6.45, 7) is 6.54. The summed E-state index contributed by atoms with van der Waals surface area (Å²) in [4.78, 5) is 37.3. The molecule has 0 radical (unpaired) electrons. The Kier molecular flexibility index (Phi) is 36.9. The average Bonchev–Trinajstić information content (AvgIpc) is 3.08. The SMILES string of the molecule is CCCCCCCCCCCCCCCCCCC(=O)O[C@H](COC(=O)CCCCCCC)COC(=O)CCCCCCCCCCC. The molecule has 0 N–H and O–H groups in total. The molecule has 0 aliphatic rings. The summed E-state index contributed by atoms with van der Waals surface area (Å²) in [5.41, 5.74) is 0. The third-order valence-corrected chi connectivity index (χ3v) is 9.36. The van der Waals surface area contributed by atoms with Crippen molar-refractivity contribution in [1.82, 2.24) is 0 Å². The minimum Gasteiger partial charge on any atom is -0.462 e. The van der Waals surface area contributed by atoms with Gasteiger partial charge < -0.3 is 14.2 Å². The maximum atomic E-state index is 12.6. The van der Waals surface area contributed by atoms with Crippen LogP contribution in [-0.2, 0) is 28.6 Å². The summed E-state index contributed by atoms with van der Waals surface area (Å²) in [5.74, 6) is -0.874. The molecule has 48 heavy (non-hydrogen) atoms. The third kappa shape index (κ3) is 35.7. The van der Waals surface area contributed by atoms with Gasteiger partial charge in [0.05, 0.1) is 0 Å². The first-order valence-corrected chi connectivity index (χ1v) is 21.0. The van der Waals surface area contributed by atoms with E-state index in [1.54, 1.807) is 0 Å². The smallest absolute Gasteiger partial charge is 0.306 e. The second-order valence-corrected chi connectivity index (χ2v) is 14.3. The van der Waals surface area contributed by atoms with E-state index in [-0.39, 0.29) is 31.1 Å². The van der Waals surface area contributed by atoms with E-state index in [2.05, 4.69) is 20.8 Å². The Bertz CT molecular complexity index is 708. The van der Waals surface area contributed by atoms with Crippen LogP contribution in [0.15, 0.2) is 0 Å². The van der Waals surface area contributed by atoms with Crippen LogP contribution in [-0.4, -0.2) is 37.2 Å². The molecule has 6 nitrogen and oxygen atoms in total. The van der Waals surface area contributed by atoms with E-state index in [1.807, 2.05) is 0 Å². The fourth-order valence-corrected chi connectivity index (χ4v) is 6.15. The van der Waals surface area contributed by atoms with Crippen molar-refractivity contribution in [2.24, 2.45) is 0 Å². The van der Waals surface area contributed by atoms with Crippen LogP contribution in [0.5, 0.6) is 0 Å². The van der Waals surface area contributed by atoms with E-state index in [9.17, 15) is 14.4 Å². The summed E-state index contributed by atoms with van der Waals surface area (Å²) in [7, 11) is 0. The second kappa shape index (κ2) is 38.2. The molecular weight excluding hydrogens is 600 g/mol. The van der Waals surface area contributed by atoms with Crippen molar-refractivity contribution < 1.29 is 28.6 Å². The van der Waals surface area contributed by atoms with Crippen molar-refractivity contribution in [1.29, 1.82) is 0 Å². The quantitative estimate of drug-likeness (QED) is 0.0367. The first-order chi connectivity index (χ1) is 23.5. The Morgan fingerprint density at radius 3 is 0.833 bits per heavy atom. The van der Waals surface area contributed by atoms with Gasteiger partial charge in [-0.2, -0.15) is 0 Å². The van der Waals surface area contributed by atoms with Gasteiger partial charge in [-0.25, -0.2) is 0 Å². The normalized spacial score (nSPS) is 11.8. The molecule has 0 heterocycles. The minimum absolute atomic E-state index is 0.0647. The first-order valence-electron chi connectivity index (χ1n) is 21.0. The van der Waals surface area contributed by atoms with Crippen molar-refractivity contribution in [2.45, 2.75) is 239 Å². The van der Waals surface area contributed by atoms with Crippen LogP contribution in [0.4, 0.5) is 0 Å². The second-order valence-electron chi connectivity index (χ2n) is 14.3. The molecule has 0 saturated carbocycles. The zero-order valence-electron chi connectivity index (χ0n) is 32.3. The van der Waals surface area contributed by atoms with Crippen LogP contribution in [0.25, 0.3) is 0 Å². The van der Waals surface area contributed by atoms with Crippen molar-refractivity contribution in [2.75, 3.05) is 13.2 Å². The molecule has 0 amide bonds. The summed E-state index contributed by atoms with van der Waals surface area (Å²) in [5, 5.41) is 0. The molecule has 0 aromatic rings. The number of carbonyl (C=O) groups is 3. The molecule has 0 saturated heterocycles. The Morgan fingerprint density at radius 1 is 0.333 bits per heavy atom. The Hall–Kier alpha value is -1.59. The molecule has 0 aliphatic heterocycles. The predicted octanol–water partition coefficient (Wildman–Crippen LogP) is 12.9. The summed E-state index contributed by atoms with van der Waals surface area (Å²) >= 11 is 0. The van der Waals surface area contributed by atoms with Gasteiger partial charge >= 0.3 is 17.9 Å². The number of carbonyl (C=O) groups excluding carboxylic acids is 3. The molecule has 1 atom stereocenters. The Balaban J connectivity index is 4.18. The van der Waals surface area contributed by atoms with Gasteiger partial charge in [0.25, 0.3) is 0 Å².